The molecule has 0 saturated heterocycles. The van der Waals surface area contributed by atoms with Gasteiger partial charge in [-0.3, -0.25) is 4.79 Å². The topological polar surface area (TPSA) is 55.1 Å². The number of carbonyl (C=O) groups is 1. The average Bonchev–Trinajstić information content (AvgIpc) is 2.65. The van der Waals surface area contributed by atoms with Crippen LogP contribution in [0.4, 0.5) is 8.78 Å². The van der Waals surface area contributed by atoms with Gasteiger partial charge in [-0.15, -0.1) is 11.3 Å². The zero-order valence-electron chi connectivity index (χ0n) is 7.24. The Morgan fingerprint density at radius 1 is 1.64 bits per heavy atom. The number of nitrogens with one attached hydrogen (secondary N) is 1. The lowest BCUT2D eigenvalue weighted by Gasteiger charge is -2.09. The van der Waals surface area contributed by atoms with E-state index in [1.807, 2.05) is 0 Å². The lowest BCUT2D eigenvalue weighted by molar-refractivity contribution is -0.123. The number of thiophene rings is 1. The molecule has 1 amide bonds. The molecule has 0 fully saturated rings. The summed E-state index contributed by atoms with van der Waals surface area (Å²) < 4.78 is 23.5. The van der Waals surface area contributed by atoms with E-state index in [0.29, 0.717) is 4.88 Å². The second-order valence-corrected chi connectivity index (χ2v) is 3.61. The van der Waals surface area contributed by atoms with Gasteiger partial charge in [0.15, 0.2) is 0 Å². The van der Waals surface area contributed by atoms with E-state index in [2.05, 4.69) is 5.32 Å². The lowest BCUT2D eigenvalue weighted by Crippen LogP contribution is -2.36. The SMILES string of the molecule is NC(C(=O)NCC(F)F)c1cccs1. The highest BCUT2D eigenvalue weighted by molar-refractivity contribution is 7.10. The standard InChI is InChI=1S/C8H10F2N2OS/c9-6(10)4-12-8(13)7(11)5-2-1-3-14-5/h1-3,6-7H,4,11H2,(H,12,13). The van der Waals surface area contributed by atoms with E-state index < -0.39 is 24.9 Å². The summed E-state index contributed by atoms with van der Waals surface area (Å²) in [5.74, 6) is -0.576. The molecule has 1 atom stereocenters. The molecular formula is C8H10F2N2OS. The Hall–Kier alpha value is -1.01. The van der Waals surface area contributed by atoms with Gasteiger partial charge in [0.25, 0.3) is 6.43 Å². The Morgan fingerprint density at radius 2 is 2.36 bits per heavy atom. The first-order valence-corrected chi connectivity index (χ1v) is 4.84. The number of halogens is 2. The summed E-state index contributed by atoms with van der Waals surface area (Å²) in [6.07, 6.45) is -2.55. The van der Waals surface area contributed by atoms with Crippen molar-refractivity contribution in [1.82, 2.24) is 5.32 Å². The van der Waals surface area contributed by atoms with Crippen LogP contribution < -0.4 is 11.1 Å². The highest BCUT2D eigenvalue weighted by Gasteiger charge is 2.17. The minimum atomic E-state index is -2.55. The van der Waals surface area contributed by atoms with E-state index in [-0.39, 0.29) is 0 Å². The molecule has 0 saturated carbocycles. The third-order valence-electron chi connectivity index (χ3n) is 1.56. The number of rotatable bonds is 4. The minimum absolute atomic E-state index is 0.576. The van der Waals surface area contributed by atoms with Gasteiger partial charge < -0.3 is 11.1 Å². The summed E-state index contributed by atoms with van der Waals surface area (Å²) in [6, 6.07) is 2.59. The van der Waals surface area contributed by atoms with Crippen molar-refractivity contribution >= 4 is 17.2 Å². The van der Waals surface area contributed by atoms with Gasteiger partial charge in [-0.1, -0.05) is 6.07 Å². The zero-order valence-corrected chi connectivity index (χ0v) is 8.06. The van der Waals surface area contributed by atoms with Crippen molar-refractivity contribution in [2.24, 2.45) is 5.73 Å². The van der Waals surface area contributed by atoms with Gasteiger partial charge in [0.05, 0.1) is 6.54 Å². The van der Waals surface area contributed by atoms with Crippen LogP contribution in [0.1, 0.15) is 10.9 Å². The highest BCUT2D eigenvalue weighted by atomic mass is 32.1. The molecule has 0 aromatic carbocycles. The predicted molar refractivity (Wildman–Crippen MR) is 50.3 cm³/mol. The molecule has 1 unspecified atom stereocenters. The monoisotopic (exact) mass is 220 g/mol. The van der Waals surface area contributed by atoms with E-state index in [9.17, 15) is 13.6 Å². The molecule has 0 bridgehead atoms. The first-order valence-electron chi connectivity index (χ1n) is 3.96. The fourth-order valence-electron chi connectivity index (χ4n) is 0.885. The molecule has 1 heterocycles. The van der Waals surface area contributed by atoms with Crippen LogP contribution in [0.25, 0.3) is 0 Å². The van der Waals surface area contributed by atoms with Crippen LogP contribution in [-0.2, 0) is 4.79 Å². The summed E-state index contributed by atoms with van der Waals surface area (Å²) in [5.41, 5.74) is 5.52. The summed E-state index contributed by atoms with van der Waals surface area (Å²) in [5, 5.41) is 3.84. The van der Waals surface area contributed by atoms with Crippen LogP contribution in [0.2, 0.25) is 0 Å². The maximum absolute atomic E-state index is 11.7. The molecule has 0 aliphatic rings. The van der Waals surface area contributed by atoms with Crippen molar-refractivity contribution < 1.29 is 13.6 Å². The quantitative estimate of drug-likeness (QED) is 0.799. The van der Waals surface area contributed by atoms with Gasteiger partial charge in [-0.05, 0) is 11.4 Å². The van der Waals surface area contributed by atoms with Crippen LogP contribution in [0.15, 0.2) is 17.5 Å². The smallest absolute Gasteiger partial charge is 0.255 e. The first-order chi connectivity index (χ1) is 6.61. The van der Waals surface area contributed by atoms with Crippen molar-refractivity contribution in [3.63, 3.8) is 0 Å². The van der Waals surface area contributed by atoms with Gasteiger partial charge >= 0.3 is 0 Å². The van der Waals surface area contributed by atoms with Crippen LogP contribution in [0.5, 0.6) is 0 Å². The average molecular weight is 220 g/mol. The summed E-state index contributed by atoms with van der Waals surface area (Å²) in [4.78, 5) is 11.8. The van der Waals surface area contributed by atoms with E-state index in [1.165, 1.54) is 11.3 Å². The number of carbonyl (C=O) groups excluding carboxylic acids is 1. The van der Waals surface area contributed by atoms with Crippen molar-refractivity contribution in [3.05, 3.63) is 22.4 Å². The molecule has 3 N–H and O–H groups in total. The van der Waals surface area contributed by atoms with Crippen molar-refractivity contribution in [2.75, 3.05) is 6.54 Å². The molecule has 0 aliphatic heterocycles. The maximum Gasteiger partial charge on any atom is 0.255 e. The Labute approximate surface area is 83.9 Å². The van der Waals surface area contributed by atoms with Gasteiger partial charge in [0, 0.05) is 4.88 Å². The third-order valence-corrected chi connectivity index (χ3v) is 2.52. The molecule has 0 aliphatic carbocycles. The third kappa shape index (κ3) is 3.04. The number of hydrogen-bond donors (Lipinski definition) is 2. The molecule has 1 aromatic rings. The molecule has 6 heteroatoms. The molecule has 0 spiro atoms. The highest BCUT2D eigenvalue weighted by Crippen LogP contribution is 2.16. The van der Waals surface area contributed by atoms with Crippen LogP contribution in [0.3, 0.4) is 0 Å². The number of amides is 1. The van der Waals surface area contributed by atoms with Gasteiger partial charge in [0.2, 0.25) is 5.91 Å². The maximum atomic E-state index is 11.7. The van der Waals surface area contributed by atoms with Crippen LogP contribution in [0, 0.1) is 0 Å². The number of alkyl halides is 2. The number of nitrogens with two attached hydrogens (primary N) is 1. The molecule has 14 heavy (non-hydrogen) atoms. The number of hydrogen-bond acceptors (Lipinski definition) is 3. The Bertz CT molecular complexity index is 290. The Morgan fingerprint density at radius 3 is 2.86 bits per heavy atom. The molecule has 1 rings (SSSR count). The first kappa shape index (κ1) is 11.1. The fourth-order valence-corrected chi connectivity index (χ4v) is 1.61. The van der Waals surface area contributed by atoms with Crippen LogP contribution in [-0.4, -0.2) is 18.9 Å². The van der Waals surface area contributed by atoms with E-state index >= 15 is 0 Å². The van der Waals surface area contributed by atoms with E-state index in [1.54, 1.807) is 17.5 Å². The summed E-state index contributed by atoms with van der Waals surface area (Å²) >= 11 is 1.32. The molecule has 78 valence electrons. The minimum Gasteiger partial charge on any atom is -0.349 e. The summed E-state index contributed by atoms with van der Waals surface area (Å²) in [6.45, 7) is -0.655. The second-order valence-electron chi connectivity index (χ2n) is 2.63. The predicted octanol–water partition coefficient (Wildman–Crippen LogP) is 1.13. The Kier molecular flexibility index (Phi) is 3.97. The molecular weight excluding hydrogens is 210 g/mol. The van der Waals surface area contributed by atoms with E-state index in [4.69, 9.17) is 5.73 Å². The molecule has 0 radical (unpaired) electrons. The zero-order chi connectivity index (χ0) is 10.6. The van der Waals surface area contributed by atoms with Crippen molar-refractivity contribution in [1.29, 1.82) is 0 Å². The van der Waals surface area contributed by atoms with Gasteiger partial charge in [0.1, 0.15) is 6.04 Å². The lowest BCUT2D eigenvalue weighted by atomic mass is 10.2. The second kappa shape index (κ2) is 5.02. The largest absolute Gasteiger partial charge is 0.349 e. The van der Waals surface area contributed by atoms with Crippen molar-refractivity contribution in [2.45, 2.75) is 12.5 Å². The summed E-state index contributed by atoms with van der Waals surface area (Å²) in [7, 11) is 0. The van der Waals surface area contributed by atoms with E-state index in [0.717, 1.165) is 0 Å². The molecule has 1 aromatic heterocycles. The fraction of sp³-hybridized carbons (Fsp3) is 0.375. The van der Waals surface area contributed by atoms with Crippen molar-refractivity contribution in [3.8, 4) is 0 Å². The van der Waals surface area contributed by atoms with Gasteiger partial charge in [-0.2, -0.15) is 0 Å². The van der Waals surface area contributed by atoms with Crippen LogP contribution >= 0.6 is 11.3 Å². The van der Waals surface area contributed by atoms with Gasteiger partial charge in [-0.25, -0.2) is 8.78 Å². The Balaban J connectivity index is 2.45. The normalized spacial score (nSPS) is 12.9. The molecule has 3 nitrogen and oxygen atoms in total.